The molecule has 7 heteroatoms. The summed E-state index contributed by atoms with van der Waals surface area (Å²) in [7, 11) is 0. The molecule has 3 rings (SSSR count). The third kappa shape index (κ3) is 5.06. The van der Waals surface area contributed by atoms with Gasteiger partial charge in [-0.05, 0) is 70.2 Å². The maximum atomic E-state index is 12.4. The molecule has 0 fully saturated rings. The van der Waals surface area contributed by atoms with Gasteiger partial charge < -0.3 is 14.0 Å². The lowest BCUT2D eigenvalue weighted by atomic mass is 10.1. The number of hydrogen-bond donors (Lipinski definition) is 1. The highest BCUT2D eigenvalue weighted by Gasteiger charge is 2.17. The number of carbonyl (C=O) groups excluding carboxylic acids is 2. The van der Waals surface area contributed by atoms with Crippen LogP contribution in [0.3, 0.4) is 0 Å². The minimum Gasteiger partial charge on any atom is -0.494 e. The van der Waals surface area contributed by atoms with Gasteiger partial charge in [0.1, 0.15) is 5.75 Å². The summed E-state index contributed by atoms with van der Waals surface area (Å²) in [6, 6.07) is 16.1. The summed E-state index contributed by atoms with van der Waals surface area (Å²) in [5.74, 6) is 0.0299. The predicted molar refractivity (Wildman–Crippen MR) is 124 cm³/mol. The number of nitrogens with zero attached hydrogens (tertiary/aromatic N) is 2. The van der Waals surface area contributed by atoms with E-state index in [9.17, 15) is 9.59 Å². The molecule has 1 aromatic heterocycles. The molecule has 32 heavy (non-hydrogen) atoms. The van der Waals surface area contributed by atoms with E-state index in [0.717, 1.165) is 22.6 Å². The Labute approximate surface area is 187 Å². The van der Waals surface area contributed by atoms with Crippen molar-refractivity contribution >= 4 is 18.1 Å². The molecule has 0 unspecified atom stereocenters. The normalized spacial score (nSPS) is 10.9. The monoisotopic (exact) mass is 433 g/mol. The Balaban J connectivity index is 1.79. The molecule has 0 aliphatic rings. The molecule has 0 radical (unpaired) electrons. The Kier molecular flexibility index (Phi) is 7.44. The highest BCUT2D eigenvalue weighted by atomic mass is 16.5. The topological polar surface area (TPSA) is 81.9 Å². The number of rotatable bonds is 8. The first-order valence-corrected chi connectivity index (χ1v) is 10.5. The fourth-order valence-corrected chi connectivity index (χ4v) is 3.43. The second-order valence-corrected chi connectivity index (χ2v) is 7.06. The van der Waals surface area contributed by atoms with E-state index in [4.69, 9.17) is 9.47 Å². The molecule has 2 aromatic carbocycles. The van der Waals surface area contributed by atoms with E-state index in [2.05, 4.69) is 10.5 Å². The maximum Gasteiger partial charge on any atom is 0.340 e. The fraction of sp³-hybridized carbons (Fsp3) is 0.240. The molecule has 0 bridgehead atoms. The minimum atomic E-state index is -0.367. The van der Waals surface area contributed by atoms with Gasteiger partial charge in [-0.1, -0.05) is 12.1 Å². The molecule has 1 heterocycles. The molecule has 0 saturated heterocycles. The Hall–Kier alpha value is -3.87. The number of amides is 1. The Morgan fingerprint density at radius 2 is 1.75 bits per heavy atom. The number of hydrogen-bond acceptors (Lipinski definition) is 5. The van der Waals surface area contributed by atoms with Crippen LogP contribution < -0.4 is 10.2 Å². The van der Waals surface area contributed by atoms with Crippen molar-refractivity contribution in [3.63, 3.8) is 0 Å². The van der Waals surface area contributed by atoms with Crippen LogP contribution >= 0.6 is 0 Å². The summed E-state index contributed by atoms with van der Waals surface area (Å²) in [5, 5.41) is 4.11. The van der Waals surface area contributed by atoms with Gasteiger partial charge in [0.05, 0.1) is 30.7 Å². The molecule has 7 nitrogen and oxygen atoms in total. The van der Waals surface area contributed by atoms with Crippen molar-refractivity contribution < 1.29 is 19.1 Å². The van der Waals surface area contributed by atoms with Crippen molar-refractivity contribution in [1.29, 1.82) is 0 Å². The first-order chi connectivity index (χ1) is 15.5. The summed E-state index contributed by atoms with van der Waals surface area (Å²) in [6.07, 6.45) is 1.60. The van der Waals surface area contributed by atoms with E-state index in [-0.39, 0.29) is 11.9 Å². The van der Waals surface area contributed by atoms with Crippen LogP contribution in [0.2, 0.25) is 0 Å². The first-order valence-electron chi connectivity index (χ1n) is 10.5. The SMILES string of the molecule is CCOC(=O)c1ccccc1-n1c(C)cc(/C=N\NC(=O)c2ccc(OCC)cc2)c1C. The lowest BCUT2D eigenvalue weighted by Crippen LogP contribution is -2.17. The van der Waals surface area contributed by atoms with Crippen LogP contribution in [0, 0.1) is 13.8 Å². The number of para-hydroxylation sites is 1. The van der Waals surface area contributed by atoms with E-state index in [1.54, 1.807) is 43.5 Å². The lowest BCUT2D eigenvalue weighted by molar-refractivity contribution is 0.0526. The number of aromatic nitrogens is 1. The van der Waals surface area contributed by atoms with E-state index in [0.29, 0.717) is 30.1 Å². The molecule has 0 aliphatic heterocycles. The molecule has 0 atom stereocenters. The van der Waals surface area contributed by atoms with E-state index >= 15 is 0 Å². The Bertz CT molecular complexity index is 1130. The van der Waals surface area contributed by atoms with Crippen LogP contribution in [0.1, 0.15) is 51.5 Å². The average Bonchev–Trinajstić information content (AvgIpc) is 3.07. The smallest absolute Gasteiger partial charge is 0.340 e. The highest BCUT2D eigenvalue weighted by Crippen LogP contribution is 2.23. The van der Waals surface area contributed by atoms with Gasteiger partial charge in [-0.25, -0.2) is 10.2 Å². The Morgan fingerprint density at radius 3 is 2.44 bits per heavy atom. The number of aryl methyl sites for hydroxylation is 1. The van der Waals surface area contributed by atoms with Crippen LogP contribution in [0.4, 0.5) is 0 Å². The molecule has 0 saturated carbocycles. The molecular weight excluding hydrogens is 406 g/mol. The second-order valence-electron chi connectivity index (χ2n) is 7.06. The molecule has 1 amide bonds. The lowest BCUT2D eigenvalue weighted by Gasteiger charge is -2.14. The molecule has 1 N–H and O–H groups in total. The Morgan fingerprint density at radius 1 is 1.03 bits per heavy atom. The van der Waals surface area contributed by atoms with Gasteiger partial charge in [0.15, 0.2) is 0 Å². The third-order valence-electron chi connectivity index (χ3n) is 4.91. The zero-order valence-corrected chi connectivity index (χ0v) is 18.7. The molecular formula is C25H27N3O4. The van der Waals surface area contributed by atoms with Crippen molar-refractivity contribution in [1.82, 2.24) is 9.99 Å². The number of ether oxygens (including phenoxy) is 2. The number of esters is 1. The van der Waals surface area contributed by atoms with Gasteiger partial charge in [-0.2, -0.15) is 5.10 Å². The van der Waals surface area contributed by atoms with E-state index in [1.807, 2.05) is 49.6 Å². The van der Waals surface area contributed by atoms with Crippen LogP contribution in [-0.2, 0) is 4.74 Å². The third-order valence-corrected chi connectivity index (χ3v) is 4.91. The first kappa shape index (κ1) is 22.8. The zero-order chi connectivity index (χ0) is 23.1. The highest BCUT2D eigenvalue weighted by molar-refractivity contribution is 5.95. The van der Waals surface area contributed by atoms with Crippen LogP contribution in [0.5, 0.6) is 5.75 Å². The van der Waals surface area contributed by atoms with Crippen molar-refractivity contribution in [3.8, 4) is 11.4 Å². The zero-order valence-electron chi connectivity index (χ0n) is 18.7. The molecule has 166 valence electrons. The minimum absolute atomic E-state index is 0.308. The van der Waals surface area contributed by atoms with Crippen molar-refractivity contribution in [3.05, 3.63) is 82.7 Å². The number of nitrogens with one attached hydrogen (secondary N) is 1. The van der Waals surface area contributed by atoms with Gasteiger partial charge in [0, 0.05) is 22.5 Å². The van der Waals surface area contributed by atoms with Gasteiger partial charge in [0.2, 0.25) is 0 Å². The van der Waals surface area contributed by atoms with E-state index in [1.165, 1.54) is 0 Å². The maximum absolute atomic E-state index is 12.4. The number of carbonyl (C=O) groups is 2. The van der Waals surface area contributed by atoms with Crippen LogP contribution in [-0.4, -0.2) is 35.9 Å². The van der Waals surface area contributed by atoms with Gasteiger partial charge >= 0.3 is 5.97 Å². The van der Waals surface area contributed by atoms with Gasteiger partial charge in [0.25, 0.3) is 5.91 Å². The summed E-state index contributed by atoms with van der Waals surface area (Å²) >= 11 is 0. The average molecular weight is 434 g/mol. The van der Waals surface area contributed by atoms with Crippen molar-refractivity contribution in [2.24, 2.45) is 5.10 Å². The largest absolute Gasteiger partial charge is 0.494 e. The summed E-state index contributed by atoms with van der Waals surface area (Å²) in [4.78, 5) is 24.7. The fourth-order valence-electron chi connectivity index (χ4n) is 3.43. The standard InChI is InChI=1S/C25H27N3O4/c1-5-31-21-13-11-19(12-14-21)24(29)27-26-16-20-15-17(3)28(18(20)4)23-10-8-7-9-22(23)25(30)32-6-2/h7-16H,5-6H2,1-4H3,(H,27,29)/b26-16-. The molecule has 3 aromatic rings. The summed E-state index contributed by atoms with van der Waals surface area (Å²) in [6.45, 7) is 8.45. The van der Waals surface area contributed by atoms with Crippen molar-refractivity contribution in [2.75, 3.05) is 13.2 Å². The van der Waals surface area contributed by atoms with Crippen LogP contribution in [0.25, 0.3) is 5.69 Å². The molecule has 0 aliphatic carbocycles. The number of hydrazone groups is 1. The number of benzene rings is 2. The van der Waals surface area contributed by atoms with Crippen molar-refractivity contribution in [2.45, 2.75) is 27.7 Å². The van der Waals surface area contributed by atoms with Gasteiger partial charge in [-0.3, -0.25) is 4.79 Å². The summed E-state index contributed by atoms with van der Waals surface area (Å²) in [5.41, 5.74) is 6.90. The summed E-state index contributed by atoms with van der Waals surface area (Å²) < 4.78 is 12.6. The second kappa shape index (κ2) is 10.4. The van der Waals surface area contributed by atoms with Crippen LogP contribution in [0.15, 0.2) is 59.7 Å². The predicted octanol–water partition coefficient (Wildman–Crippen LogP) is 4.43. The molecule has 0 spiro atoms. The van der Waals surface area contributed by atoms with E-state index < -0.39 is 0 Å². The van der Waals surface area contributed by atoms with Gasteiger partial charge in [-0.15, -0.1) is 0 Å². The quantitative estimate of drug-likeness (QED) is 0.324.